The molecular weight excluding hydrogens is 355 g/mol. The van der Waals surface area contributed by atoms with Crippen molar-refractivity contribution in [3.05, 3.63) is 71.5 Å². The van der Waals surface area contributed by atoms with E-state index in [-0.39, 0.29) is 24.3 Å². The van der Waals surface area contributed by atoms with Crippen molar-refractivity contribution in [2.45, 2.75) is 52.1 Å². The zero-order valence-electron chi connectivity index (χ0n) is 16.8. The van der Waals surface area contributed by atoms with Crippen molar-refractivity contribution in [2.75, 3.05) is 6.54 Å². The molecule has 0 spiro atoms. The fourth-order valence-corrected chi connectivity index (χ4v) is 2.94. The van der Waals surface area contributed by atoms with Gasteiger partial charge in [0.05, 0.1) is 6.42 Å². The predicted octanol–water partition coefficient (Wildman–Crippen LogP) is 3.74. The van der Waals surface area contributed by atoms with Crippen LogP contribution in [0.4, 0.5) is 4.39 Å². The summed E-state index contributed by atoms with van der Waals surface area (Å²) in [4.78, 5) is 27.1. The molecule has 2 atom stereocenters. The van der Waals surface area contributed by atoms with E-state index in [1.165, 1.54) is 6.07 Å². The predicted molar refractivity (Wildman–Crippen MR) is 109 cm³/mol. The smallest absolute Gasteiger partial charge is 0.242 e. The van der Waals surface area contributed by atoms with E-state index in [1.807, 2.05) is 44.2 Å². The summed E-state index contributed by atoms with van der Waals surface area (Å²) in [6.07, 6.45) is 1.37. The lowest BCUT2D eigenvalue weighted by molar-refractivity contribution is -0.139. The lowest BCUT2D eigenvalue weighted by Crippen LogP contribution is -2.51. The van der Waals surface area contributed by atoms with Crippen LogP contribution in [0.2, 0.25) is 0 Å². The van der Waals surface area contributed by atoms with E-state index in [0.29, 0.717) is 18.5 Å². The second-order valence-electron chi connectivity index (χ2n) is 7.08. The van der Waals surface area contributed by atoms with Crippen LogP contribution in [0, 0.1) is 5.82 Å². The lowest BCUT2D eigenvalue weighted by Gasteiger charge is -2.29. The van der Waals surface area contributed by atoms with E-state index in [0.717, 1.165) is 12.0 Å². The first-order valence-corrected chi connectivity index (χ1v) is 9.79. The highest BCUT2D eigenvalue weighted by molar-refractivity contribution is 5.88. The van der Waals surface area contributed by atoms with E-state index in [9.17, 15) is 14.0 Å². The SMILES string of the molecule is CC[C@@H](C)NC(=O)[C@@H](C)N(CCc1ccccc1)C(=O)Cc1ccccc1F. The third-order valence-corrected chi connectivity index (χ3v) is 4.95. The molecule has 4 nitrogen and oxygen atoms in total. The summed E-state index contributed by atoms with van der Waals surface area (Å²) in [6.45, 7) is 6.04. The molecule has 2 aromatic rings. The summed E-state index contributed by atoms with van der Waals surface area (Å²) in [7, 11) is 0. The van der Waals surface area contributed by atoms with Gasteiger partial charge in [-0.1, -0.05) is 55.5 Å². The molecule has 1 N–H and O–H groups in total. The number of nitrogens with zero attached hydrogens (tertiary/aromatic N) is 1. The van der Waals surface area contributed by atoms with Crippen molar-refractivity contribution in [3.63, 3.8) is 0 Å². The van der Waals surface area contributed by atoms with Crippen LogP contribution in [-0.4, -0.2) is 35.3 Å². The maximum Gasteiger partial charge on any atom is 0.242 e. The first-order valence-electron chi connectivity index (χ1n) is 9.79. The van der Waals surface area contributed by atoms with E-state index >= 15 is 0 Å². The van der Waals surface area contributed by atoms with Crippen molar-refractivity contribution in [2.24, 2.45) is 0 Å². The van der Waals surface area contributed by atoms with Gasteiger partial charge in [-0.25, -0.2) is 4.39 Å². The van der Waals surface area contributed by atoms with Crippen LogP contribution in [0.5, 0.6) is 0 Å². The number of amides is 2. The summed E-state index contributed by atoms with van der Waals surface area (Å²) < 4.78 is 14.0. The highest BCUT2D eigenvalue weighted by Gasteiger charge is 2.26. The molecule has 2 rings (SSSR count). The molecule has 2 amide bonds. The van der Waals surface area contributed by atoms with Crippen LogP contribution >= 0.6 is 0 Å². The Balaban J connectivity index is 2.15. The van der Waals surface area contributed by atoms with Gasteiger partial charge in [0.25, 0.3) is 0 Å². The number of carbonyl (C=O) groups is 2. The molecule has 5 heteroatoms. The molecule has 0 fully saturated rings. The number of hydrogen-bond donors (Lipinski definition) is 1. The molecule has 28 heavy (non-hydrogen) atoms. The number of benzene rings is 2. The van der Waals surface area contributed by atoms with Gasteiger partial charge < -0.3 is 10.2 Å². The summed E-state index contributed by atoms with van der Waals surface area (Å²) in [6, 6.07) is 15.5. The van der Waals surface area contributed by atoms with Gasteiger partial charge in [-0.05, 0) is 43.9 Å². The number of rotatable bonds is 9. The Labute approximate surface area is 166 Å². The maximum absolute atomic E-state index is 14.0. The van der Waals surface area contributed by atoms with Gasteiger partial charge in [-0.2, -0.15) is 0 Å². The van der Waals surface area contributed by atoms with Crippen LogP contribution in [-0.2, 0) is 22.4 Å². The van der Waals surface area contributed by atoms with Crippen molar-refractivity contribution in [1.82, 2.24) is 10.2 Å². The standard InChI is InChI=1S/C23H29FN2O2/c1-4-17(2)25-23(28)18(3)26(15-14-19-10-6-5-7-11-19)22(27)16-20-12-8-9-13-21(20)24/h5-13,17-18H,4,14-16H2,1-3H3,(H,25,28)/t17-,18-/m1/s1. The van der Waals surface area contributed by atoms with Gasteiger partial charge in [-0.15, -0.1) is 0 Å². The van der Waals surface area contributed by atoms with Gasteiger partial charge in [0.15, 0.2) is 0 Å². The zero-order valence-corrected chi connectivity index (χ0v) is 16.8. The molecule has 0 saturated heterocycles. The quantitative estimate of drug-likeness (QED) is 0.716. The number of nitrogens with one attached hydrogen (secondary N) is 1. The van der Waals surface area contributed by atoms with Crippen LogP contribution in [0.1, 0.15) is 38.3 Å². The van der Waals surface area contributed by atoms with E-state index in [1.54, 1.807) is 30.0 Å². The number of halogens is 1. The monoisotopic (exact) mass is 384 g/mol. The van der Waals surface area contributed by atoms with Crippen molar-refractivity contribution < 1.29 is 14.0 Å². The summed E-state index contributed by atoms with van der Waals surface area (Å²) in [5, 5.41) is 2.93. The fraction of sp³-hybridized carbons (Fsp3) is 0.391. The van der Waals surface area contributed by atoms with Crippen molar-refractivity contribution in [3.8, 4) is 0 Å². The normalized spacial score (nSPS) is 12.9. The largest absolute Gasteiger partial charge is 0.352 e. The van der Waals surface area contributed by atoms with Gasteiger partial charge in [-0.3, -0.25) is 9.59 Å². The molecule has 0 radical (unpaired) electrons. The lowest BCUT2D eigenvalue weighted by atomic mass is 10.1. The Hall–Kier alpha value is -2.69. The molecule has 0 aliphatic rings. The van der Waals surface area contributed by atoms with Crippen LogP contribution in [0.3, 0.4) is 0 Å². The molecule has 0 heterocycles. The van der Waals surface area contributed by atoms with E-state index in [4.69, 9.17) is 0 Å². The number of carbonyl (C=O) groups excluding carboxylic acids is 2. The Bertz CT molecular complexity index is 779. The molecule has 0 aliphatic heterocycles. The Morgan fingerprint density at radius 3 is 2.32 bits per heavy atom. The fourth-order valence-electron chi connectivity index (χ4n) is 2.94. The van der Waals surface area contributed by atoms with Gasteiger partial charge >= 0.3 is 0 Å². The highest BCUT2D eigenvalue weighted by Crippen LogP contribution is 2.12. The Kier molecular flexibility index (Phi) is 8.18. The minimum absolute atomic E-state index is 0.0348. The third-order valence-electron chi connectivity index (χ3n) is 4.95. The topological polar surface area (TPSA) is 49.4 Å². The summed E-state index contributed by atoms with van der Waals surface area (Å²) in [5.41, 5.74) is 1.42. The molecule has 0 saturated carbocycles. The summed E-state index contributed by atoms with van der Waals surface area (Å²) >= 11 is 0. The number of hydrogen-bond acceptors (Lipinski definition) is 2. The minimum atomic E-state index is -0.628. The average molecular weight is 384 g/mol. The van der Waals surface area contributed by atoms with Crippen LogP contribution in [0.25, 0.3) is 0 Å². The zero-order chi connectivity index (χ0) is 20.5. The Morgan fingerprint density at radius 1 is 1.04 bits per heavy atom. The summed E-state index contributed by atoms with van der Waals surface area (Å²) in [5.74, 6) is -0.854. The van der Waals surface area contributed by atoms with Gasteiger partial charge in [0.1, 0.15) is 11.9 Å². The second kappa shape index (κ2) is 10.6. The first kappa shape index (κ1) is 21.6. The Morgan fingerprint density at radius 2 is 1.68 bits per heavy atom. The van der Waals surface area contributed by atoms with E-state index < -0.39 is 11.9 Å². The second-order valence-corrected chi connectivity index (χ2v) is 7.08. The molecule has 0 aliphatic carbocycles. The third kappa shape index (κ3) is 6.19. The minimum Gasteiger partial charge on any atom is -0.352 e. The highest BCUT2D eigenvalue weighted by atomic mass is 19.1. The van der Waals surface area contributed by atoms with Crippen LogP contribution < -0.4 is 5.32 Å². The maximum atomic E-state index is 14.0. The molecule has 150 valence electrons. The molecule has 0 bridgehead atoms. The average Bonchev–Trinajstić information content (AvgIpc) is 2.70. The van der Waals surface area contributed by atoms with Crippen molar-refractivity contribution in [1.29, 1.82) is 0 Å². The molecule has 2 aromatic carbocycles. The van der Waals surface area contributed by atoms with Crippen LogP contribution in [0.15, 0.2) is 54.6 Å². The first-order chi connectivity index (χ1) is 13.4. The molecular formula is C23H29FN2O2. The van der Waals surface area contributed by atoms with E-state index in [2.05, 4.69) is 5.32 Å². The van der Waals surface area contributed by atoms with Crippen molar-refractivity contribution >= 4 is 11.8 Å². The molecule has 0 unspecified atom stereocenters. The van der Waals surface area contributed by atoms with Gasteiger partial charge in [0, 0.05) is 12.6 Å². The van der Waals surface area contributed by atoms with Gasteiger partial charge in [0.2, 0.25) is 11.8 Å². The molecule has 0 aromatic heterocycles.